The van der Waals surface area contributed by atoms with Crippen LogP contribution in [0.15, 0.2) is 0 Å². The highest BCUT2D eigenvalue weighted by Crippen LogP contribution is 2.28. The highest BCUT2D eigenvalue weighted by Gasteiger charge is 2.20. The van der Waals surface area contributed by atoms with E-state index in [-0.39, 0.29) is 6.67 Å². The van der Waals surface area contributed by atoms with Gasteiger partial charge in [-0.05, 0) is 44.4 Å². The van der Waals surface area contributed by atoms with Crippen molar-refractivity contribution in [2.45, 2.75) is 51.6 Å². The van der Waals surface area contributed by atoms with Crippen molar-refractivity contribution in [2.24, 2.45) is 5.92 Å². The lowest BCUT2D eigenvalue weighted by atomic mass is 9.85. The Morgan fingerprint density at radius 2 is 1.92 bits per heavy atom. The monoisotopic (exact) mass is 188 g/mol. The number of rotatable bonds is 5. The predicted octanol–water partition coefficient (Wildman–Crippen LogP) is 3.33. The summed E-state index contributed by atoms with van der Waals surface area (Å²) in [6.45, 7) is 2.87. The van der Waals surface area contributed by atoms with E-state index in [1.165, 1.54) is 0 Å². The molecule has 0 aromatic carbocycles. The van der Waals surface area contributed by atoms with E-state index in [1.54, 1.807) is 0 Å². The van der Waals surface area contributed by atoms with Crippen molar-refractivity contribution in [3.05, 3.63) is 0 Å². The van der Waals surface area contributed by atoms with Crippen LogP contribution in [0, 0.1) is 5.92 Å². The van der Waals surface area contributed by atoms with Gasteiger partial charge < -0.3 is 4.74 Å². The molecule has 13 heavy (non-hydrogen) atoms. The zero-order chi connectivity index (χ0) is 9.52. The molecule has 0 heterocycles. The topological polar surface area (TPSA) is 9.23 Å². The van der Waals surface area contributed by atoms with Crippen molar-refractivity contribution in [1.82, 2.24) is 0 Å². The molecule has 0 bridgehead atoms. The second-order valence-electron chi connectivity index (χ2n) is 3.99. The minimum Gasteiger partial charge on any atom is -0.378 e. The van der Waals surface area contributed by atoms with Crippen LogP contribution in [0.3, 0.4) is 0 Å². The van der Waals surface area contributed by atoms with Gasteiger partial charge in [-0.3, -0.25) is 4.39 Å². The molecule has 78 valence electrons. The van der Waals surface area contributed by atoms with Gasteiger partial charge >= 0.3 is 0 Å². The molecule has 0 spiro atoms. The SMILES string of the molecule is CCCOC1CCC(CCF)CC1. The summed E-state index contributed by atoms with van der Waals surface area (Å²) in [6.07, 6.45) is 6.95. The van der Waals surface area contributed by atoms with E-state index in [0.29, 0.717) is 12.0 Å². The van der Waals surface area contributed by atoms with Crippen molar-refractivity contribution in [3.63, 3.8) is 0 Å². The zero-order valence-electron chi connectivity index (χ0n) is 8.60. The van der Waals surface area contributed by atoms with E-state index in [1.807, 2.05) is 0 Å². The number of hydrogen-bond acceptors (Lipinski definition) is 1. The first-order chi connectivity index (χ1) is 6.36. The number of hydrogen-bond donors (Lipinski definition) is 0. The van der Waals surface area contributed by atoms with Gasteiger partial charge in [-0.25, -0.2) is 0 Å². The van der Waals surface area contributed by atoms with Gasteiger partial charge in [-0.15, -0.1) is 0 Å². The molecule has 0 atom stereocenters. The fourth-order valence-corrected chi connectivity index (χ4v) is 2.03. The quantitative estimate of drug-likeness (QED) is 0.643. The minimum atomic E-state index is -0.148. The Bertz CT molecular complexity index is 119. The van der Waals surface area contributed by atoms with Gasteiger partial charge in [0, 0.05) is 6.61 Å². The third-order valence-electron chi connectivity index (χ3n) is 2.87. The third kappa shape index (κ3) is 4.08. The first-order valence-electron chi connectivity index (χ1n) is 5.54. The number of ether oxygens (including phenoxy) is 1. The maximum absolute atomic E-state index is 12.0. The van der Waals surface area contributed by atoms with Crippen LogP contribution in [0.4, 0.5) is 4.39 Å². The molecule has 2 heteroatoms. The molecule has 0 unspecified atom stereocenters. The average molecular weight is 188 g/mol. The zero-order valence-corrected chi connectivity index (χ0v) is 8.60. The van der Waals surface area contributed by atoms with Gasteiger partial charge in [0.1, 0.15) is 0 Å². The van der Waals surface area contributed by atoms with E-state index < -0.39 is 0 Å². The van der Waals surface area contributed by atoms with Crippen molar-refractivity contribution in [1.29, 1.82) is 0 Å². The largest absolute Gasteiger partial charge is 0.378 e. The molecule has 0 amide bonds. The molecule has 0 radical (unpaired) electrons. The van der Waals surface area contributed by atoms with Crippen LogP contribution < -0.4 is 0 Å². The first kappa shape index (κ1) is 11.0. The van der Waals surface area contributed by atoms with E-state index in [9.17, 15) is 4.39 Å². The fourth-order valence-electron chi connectivity index (χ4n) is 2.03. The highest BCUT2D eigenvalue weighted by atomic mass is 19.1. The molecule has 1 aliphatic carbocycles. The Labute approximate surface area is 80.7 Å². The standard InChI is InChI=1S/C11H21FO/c1-2-9-13-11-5-3-10(4-6-11)7-8-12/h10-11H,2-9H2,1H3. The van der Waals surface area contributed by atoms with E-state index in [4.69, 9.17) is 4.74 Å². The van der Waals surface area contributed by atoms with Crippen LogP contribution in [0.1, 0.15) is 45.4 Å². The molecule has 0 aliphatic heterocycles. The Morgan fingerprint density at radius 3 is 2.46 bits per heavy atom. The number of halogens is 1. The summed E-state index contributed by atoms with van der Waals surface area (Å²) in [7, 11) is 0. The fraction of sp³-hybridized carbons (Fsp3) is 1.00. The lowest BCUT2D eigenvalue weighted by Gasteiger charge is -2.27. The van der Waals surface area contributed by atoms with Crippen LogP contribution in [-0.2, 0) is 4.74 Å². The second-order valence-corrected chi connectivity index (χ2v) is 3.99. The van der Waals surface area contributed by atoms with Gasteiger partial charge in [0.05, 0.1) is 12.8 Å². The summed E-state index contributed by atoms with van der Waals surface area (Å²) >= 11 is 0. The lowest BCUT2D eigenvalue weighted by Crippen LogP contribution is -2.22. The minimum absolute atomic E-state index is 0.148. The van der Waals surface area contributed by atoms with Gasteiger partial charge in [-0.2, -0.15) is 0 Å². The van der Waals surface area contributed by atoms with Crippen molar-refractivity contribution >= 4 is 0 Å². The molecule has 0 N–H and O–H groups in total. The van der Waals surface area contributed by atoms with Crippen LogP contribution in [0.25, 0.3) is 0 Å². The average Bonchev–Trinajstić information content (AvgIpc) is 2.17. The second kappa shape index (κ2) is 6.36. The van der Waals surface area contributed by atoms with Crippen molar-refractivity contribution < 1.29 is 9.13 Å². The number of alkyl halides is 1. The van der Waals surface area contributed by atoms with E-state index in [0.717, 1.165) is 45.1 Å². The molecule has 1 saturated carbocycles. The van der Waals surface area contributed by atoms with Crippen molar-refractivity contribution in [3.8, 4) is 0 Å². The predicted molar refractivity (Wildman–Crippen MR) is 52.6 cm³/mol. The normalized spacial score (nSPS) is 29.1. The van der Waals surface area contributed by atoms with Gasteiger partial charge in [0.25, 0.3) is 0 Å². The molecule has 0 saturated heterocycles. The van der Waals surface area contributed by atoms with E-state index in [2.05, 4.69) is 6.92 Å². The van der Waals surface area contributed by atoms with Gasteiger partial charge in [0.15, 0.2) is 0 Å². The summed E-state index contributed by atoms with van der Waals surface area (Å²) in [6, 6.07) is 0. The molecular weight excluding hydrogens is 167 g/mol. The Hall–Kier alpha value is -0.110. The summed E-state index contributed by atoms with van der Waals surface area (Å²) in [5.41, 5.74) is 0. The first-order valence-corrected chi connectivity index (χ1v) is 5.54. The Kier molecular flexibility index (Phi) is 5.37. The van der Waals surface area contributed by atoms with Crippen LogP contribution in [-0.4, -0.2) is 19.4 Å². The maximum atomic E-state index is 12.0. The van der Waals surface area contributed by atoms with Crippen LogP contribution >= 0.6 is 0 Å². The van der Waals surface area contributed by atoms with Gasteiger partial charge in [-0.1, -0.05) is 6.92 Å². The Balaban J connectivity index is 2.08. The van der Waals surface area contributed by atoms with E-state index >= 15 is 0 Å². The molecule has 0 aromatic rings. The molecule has 1 aliphatic rings. The summed E-state index contributed by atoms with van der Waals surface area (Å²) in [4.78, 5) is 0. The summed E-state index contributed by atoms with van der Waals surface area (Å²) in [5, 5.41) is 0. The molecular formula is C11H21FO. The molecule has 0 aromatic heterocycles. The molecule has 1 nitrogen and oxygen atoms in total. The van der Waals surface area contributed by atoms with Crippen LogP contribution in [0.2, 0.25) is 0 Å². The molecule has 1 rings (SSSR count). The van der Waals surface area contributed by atoms with Crippen LogP contribution in [0.5, 0.6) is 0 Å². The highest BCUT2D eigenvalue weighted by molar-refractivity contribution is 4.72. The smallest absolute Gasteiger partial charge is 0.0897 e. The third-order valence-corrected chi connectivity index (χ3v) is 2.87. The summed E-state index contributed by atoms with van der Waals surface area (Å²) in [5.74, 6) is 0.631. The lowest BCUT2D eigenvalue weighted by molar-refractivity contribution is 0.0170. The van der Waals surface area contributed by atoms with Crippen molar-refractivity contribution in [2.75, 3.05) is 13.3 Å². The van der Waals surface area contributed by atoms with Gasteiger partial charge in [0.2, 0.25) is 0 Å². The Morgan fingerprint density at radius 1 is 1.23 bits per heavy atom. The molecule has 1 fully saturated rings. The summed E-state index contributed by atoms with van der Waals surface area (Å²) < 4.78 is 17.7. The maximum Gasteiger partial charge on any atom is 0.0897 e.